The molecule has 0 unspecified atom stereocenters. The van der Waals surface area contributed by atoms with Gasteiger partial charge in [0.15, 0.2) is 0 Å². The van der Waals surface area contributed by atoms with Gasteiger partial charge in [-0.05, 0) is 31.0 Å². The smallest absolute Gasteiger partial charge is 0.0642 e. The Balaban J connectivity index is 2.09. The monoisotopic (exact) mass is 255 g/mol. The number of aliphatic hydroxyl groups excluding tert-OH is 1. The first kappa shape index (κ1) is 12.7. The summed E-state index contributed by atoms with van der Waals surface area (Å²) < 4.78 is 5.16. The molecule has 0 bridgehead atoms. The Morgan fingerprint density at radius 3 is 2.59 bits per heavy atom. The lowest BCUT2D eigenvalue weighted by atomic mass is 9.87. The SMILES string of the molecule is Cc1cc(C)c(NCC2(CO)COC2)c(Cl)c1. The van der Waals surface area contributed by atoms with E-state index in [1.807, 2.05) is 19.9 Å². The summed E-state index contributed by atoms with van der Waals surface area (Å²) >= 11 is 6.21. The molecule has 17 heavy (non-hydrogen) atoms. The van der Waals surface area contributed by atoms with Gasteiger partial charge < -0.3 is 15.2 Å². The van der Waals surface area contributed by atoms with Crippen molar-refractivity contribution in [3.05, 3.63) is 28.3 Å². The van der Waals surface area contributed by atoms with Crippen molar-refractivity contribution in [1.82, 2.24) is 0 Å². The molecule has 0 spiro atoms. The Morgan fingerprint density at radius 2 is 2.12 bits per heavy atom. The molecule has 0 atom stereocenters. The zero-order valence-electron chi connectivity index (χ0n) is 10.2. The third-order valence-corrected chi connectivity index (χ3v) is 3.52. The van der Waals surface area contributed by atoms with E-state index < -0.39 is 0 Å². The predicted octanol–water partition coefficient (Wildman–Crippen LogP) is 2.38. The van der Waals surface area contributed by atoms with Crippen LogP contribution in [-0.2, 0) is 4.74 Å². The summed E-state index contributed by atoms with van der Waals surface area (Å²) in [5.74, 6) is 0. The van der Waals surface area contributed by atoms with E-state index in [2.05, 4.69) is 11.4 Å². The number of hydrogen-bond donors (Lipinski definition) is 2. The fourth-order valence-electron chi connectivity index (χ4n) is 2.06. The molecule has 94 valence electrons. The van der Waals surface area contributed by atoms with Gasteiger partial charge in [0.2, 0.25) is 0 Å². The highest BCUT2D eigenvalue weighted by molar-refractivity contribution is 6.33. The van der Waals surface area contributed by atoms with Crippen LogP contribution in [0.5, 0.6) is 0 Å². The average Bonchev–Trinajstić information content (AvgIpc) is 2.19. The number of aliphatic hydroxyl groups is 1. The molecule has 0 radical (unpaired) electrons. The van der Waals surface area contributed by atoms with Gasteiger partial charge in [0.05, 0.1) is 35.9 Å². The van der Waals surface area contributed by atoms with E-state index in [9.17, 15) is 5.11 Å². The minimum absolute atomic E-state index is 0.138. The zero-order chi connectivity index (χ0) is 12.5. The fraction of sp³-hybridized carbons (Fsp3) is 0.538. The number of ether oxygens (including phenoxy) is 1. The van der Waals surface area contributed by atoms with Gasteiger partial charge in [-0.3, -0.25) is 0 Å². The second kappa shape index (κ2) is 4.84. The quantitative estimate of drug-likeness (QED) is 0.868. The first-order chi connectivity index (χ1) is 8.06. The number of benzene rings is 1. The van der Waals surface area contributed by atoms with Crippen molar-refractivity contribution >= 4 is 17.3 Å². The molecule has 1 heterocycles. The molecule has 1 aromatic carbocycles. The molecule has 0 aromatic heterocycles. The summed E-state index contributed by atoms with van der Waals surface area (Å²) in [6, 6.07) is 4.04. The van der Waals surface area contributed by atoms with Gasteiger partial charge >= 0.3 is 0 Å². The first-order valence-electron chi connectivity index (χ1n) is 5.76. The van der Waals surface area contributed by atoms with E-state index in [1.54, 1.807) is 0 Å². The largest absolute Gasteiger partial charge is 0.396 e. The number of halogens is 1. The molecule has 1 fully saturated rings. The molecule has 0 saturated carbocycles. The van der Waals surface area contributed by atoms with E-state index in [0.717, 1.165) is 21.8 Å². The summed E-state index contributed by atoms with van der Waals surface area (Å²) in [5.41, 5.74) is 3.10. The molecule has 2 rings (SSSR count). The lowest BCUT2D eigenvalue weighted by molar-refractivity contribution is -0.128. The Bertz CT molecular complexity index is 387. The highest BCUT2D eigenvalue weighted by Crippen LogP contribution is 2.31. The predicted molar refractivity (Wildman–Crippen MR) is 69.8 cm³/mol. The summed E-state index contributed by atoms with van der Waals surface area (Å²) in [4.78, 5) is 0. The second-order valence-corrected chi connectivity index (χ2v) is 5.35. The Hall–Kier alpha value is -0.770. The molecule has 1 aliphatic rings. The Morgan fingerprint density at radius 1 is 1.41 bits per heavy atom. The van der Waals surface area contributed by atoms with Crippen molar-refractivity contribution in [2.75, 3.05) is 31.7 Å². The van der Waals surface area contributed by atoms with Crippen LogP contribution in [0.4, 0.5) is 5.69 Å². The molecule has 1 aliphatic heterocycles. The van der Waals surface area contributed by atoms with Crippen LogP contribution in [0.25, 0.3) is 0 Å². The van der Waals surface area contributed by atoms with Crippen molar-refractivity contribution < 1.29 is 9.84 Å². The second-order valence-electron chi connectivity index (χ2n) is 4.94. The highest BCUT2D eigenvalue weighted by atomic mass is 35.5. The average molecular weight is 256 g/mol. The van der Waals surface area contributed by atoms with E-state index in [0.29, 0.717) is 19.8 Å². The van der Waals surface area contributed by atoms with Crippen LogP contribution in [0, 0.1) is 19.3 Å². The maximum atomic E-state index is 9.34. The van der Waals surface area contributed by atoms with E-state index in [-0.39, 0.29) is 12.0 Å². The standard InChI is InChI=1S/C13H18ClNO2/c1-9-3-10(2)12(11(14)4-9)15-5-13(6-16)7-17-8-13/h3-4,15-16H,5-8H2,1-2H3. The number of aryl methyl sites for hydroxylation is 2. The molecule has 3 nitrogen and oxygen atoms in total. The van der Waals surface area contributed by atoms with Gasteiger partial charge in [0.1, 0.15) is 0 Å². The first-order valence-corrected chi connectivity index (χ1v) is 6.13. The number of hydrogen-bond acceptors (Lipinski definition) is 3. The summed E-state index contributed by atoms with van der Waals surface area (Å²) in [6.45, 7) is 6.11. The maximum absolute atomic E-state index is 9.34. The molecule has 2 N–H and O–H groups in total. The van der Waals surface area contributed by atoms with Gasteiger partial charge in [-0.1, -0.05) is 17.7 Å². The normalized spacial score (nSPS) is 17.6. The van der Waals surface area contributed by atoms with Crippen LogP contribution in [-0.4, -0.2) is 31.5 Å². The molecule has 4 heteroatoms. The van der Waals surface area contributed by atoms with Crippen molar-refractivity contribution in [3.63, 3.8) is 0 Å². The highest BCUT2D eigenvalue weighted by Gasteiger charge is 2.38. The van der Waals surface area contributed by atoms with Crippen LogP contribution in [0.2, 0.25) is 5.02 Å². The maximum Gasteiger partial charge on any atom is 0.0642 e. The zero-order valence-corrected chi connectivity index (χ0v) is 11.0. The van der Waals surface area contributed by atoms with Crippen LogP contribution in [0.15, 0.2) is 12.1 Å². The van der Waals surface area contributed by atoms with Gasteiger partial charge in [0, 0.05) is 6.54 Å². The van der Waals surface area contributed by atoms with Crippen LogP contribution in [0.3, 0.4) is 0 Å². The molecule has 0 aliphatic carbocycles. The van der Waals surface area contributed by atoms with Crippen molar-refractivity contribution in [1.29, 1.82) is 0 Å². The minimum Gasteiger partial charge on any atom is -0.396 e. The molecule has 1 aromatic rings. The minimum atomic E-state index is -0.138. The lowest BCUT2D eigenvalue weighted by Crippen LogP contribution is -2.50. The Labute approximate surface area is 107 Å². The van der Waals surface area contributed by atoms with Crippen LogP contribution >= 0.6 is 11.6 Å². The van der Waals surface area contributed by atoms with Gasteiger partial charge in [-0.2, -0.15) is 0 Å². The Kier molecular flexibility index (Phi) is 3.61. The third kappa shape index (κ3) is 2.57. The van der Waals surface area contributed by atoms with Crippen molar-refractivity contribution in [2.24, 2.45) is 5.41 Å². The number of nitrogens with one attached hydrogen (secondary N) is 1. The topological polar surface area (TPSA) is 41.5 Å². The molecule has 1 saturated heterocycles. The van der Waals surface area contributed by atoms with Crippen molar-refractivity contribution in [3.8, 4) is 0 Å². The fourth-order valence-corrected chi connectivity index (χ4v) is 2.44. The summed E-state index contributed by atoms with van der Waals surface area (Å²) in [6.07, 6.45) is 0. The lowest BCUT2D eigenvalue weighted by Gasteiger charge is -2.40. The third-order valence-electron chi connectivity index (χ3n) is 3.22. The van der Waals surface area contributed by atoms with Crippen LogP contribution in [0.1, 0.15) is 11.1 Å². The molecular weight excluding hydrogens is 238 g/mol. The van der Waals surface area contributed by atoms with E-state index >= 15 is 0 Å². The van der Waals surface area contributed by atoms with Crippen molar-refractivity contribution in [2.45, 2.75) is 13.8 Å². The molecular formula is C13H18ClNO2. The number of anilines is 1. The van der Waals surface area contributed by atoms with Gasteiger partial charge in [-0.15, -0.1) is 0 Å². The number of rotatable bonds is 4. The van der Waals surface area contributed by atoms with E-state index in [4.69, 9.17) is 16.3 Å². The summed E-state index contributed by atoms with van der Waals surface area (Å²) in [7, 11) is 0. The van der Waals surface area contributed by atoms with Gasteiger partial charge in [-0.25, -0.2) is 0 Å². The summed E-state index contributed by atoms with van der Waals surface area (Å²) in [5, 5.41) is 13.4. The molecule has 0 amide bonds. The van der Waals surface area contributed by atoms with Crippen LogP contribution < -0.4 is 5.32 Å². The van der Waals surface area contributed by atoms with Gasteiger partial charge in [0.25, 0.3) is 0 Å². The van der Waals surface area contributed by atoms with E-state index in [1.165, 1.54) is 0 Å².